The predicted molar refractivity (Wildman–Crippen MR) is 101 cm³/mol. The van der Waals surface area contributed by atoms with E-state index in [1.54, 1.807) is 4.90 Å². The summed E-state index contributed by atoms with van der Waals surface area (Å²) in [7, 11) is 0. The van der Waals surface area contributed by atoms with Crippen molar-refractivity contribution in [2.24, 2.45) is 0 Å². The largest absolute Gasteiger partial charge is 0.457 e. The van der Waals surface area contributed by atoms with Crippen LogP contribution in [0.25, 0.3) is 0 Å². The molecular weight excluding hydrogens is 342 g/mol. The second kappa shape index (κ2) is 8.01. The number of nitrogens with zero attached hydrogens (tertiary/aromatic N) is 5. The molecule has 4 rings (SSSR count). The predicted octanol–water partition coefficient (Wildman–Crippen LogP) is 2.86. The van der Waals surface area contributed by atoms with Crippen molar-refractivity contribution in [1.29, 1.82) is 0 Å². The summed E-state index contributed by atoms with van der Waals surface area (Å²) in [6, 6.07) is 17.8. The first-order valence-corrected chi connectivity index (χ1v) is 8.96. The van der Waals surface area contributed by atoms with E-state index in [-0.39, 0.29) is 6.03 Å². The molecule has 1 aliphatic heterocycles. The molecule has 0 aliphatic carbocycles. The first-order chi connectivity index (χ1) is 13.3. The van der Waals surface area contributed by atoms with Crippen LogP contribution in [0.4, 0.5) is 4.79 Å². The van der Waals surface area contributed by atoms with Gasteiger partial charge in [0.05, 0.1) is 0 Å². The smallest absolute Gasteiger partial charge is 0.346 e. The fourth-order valence-electron chi connectivity index (χ4n) is 3.14. The Labute approximate surface area is 157 Å². The topological polar surface area (TPSA) is 63.5 Å². The monoisotopic (exact) mass is 363 g/mol. The van der Waals surface area contributed by atoms with E-state index in [2.05, 4.69) is 27.1 Å². The summed E-state index contributed by atoms with van der Waals surface area (Å²) in [6.45, 7) is 3.84. The number of hydrogen-bond donors (Lipinski definition) is 0. The summed E-state index contributed by atoms with van der Waals surface area (Å²) in [5.74, 6) is 1.66. The van der Waals surface area contributed by atoms with Gasteiger partial charge in [-0.25, -0.2) is 9.78 Å². The molecule has 138 valence electrons. The average molecular weight is 363 g/mol. The van der Waals surface area contributed by atoms with Crippen LogP contribution in [0.15, 0.2) is 67.3 Å². The maximum atomic E-state index is 12.3. The first kappa shape index (κ1) is 17.2. The highest BCUT2D eigenvalue weighted by molar-refractivity contribution is 5.75. The van der Waals surface area contributed by atoms with Crippen LogP contribution in [0.1, 0.15) is 5.56 Å². The van der Waals surface area contributed by atoms with E-state index in [9.17, 15) is 4.79 Å². The van der Waals surface area contributed by atoms with Crippen molar-refractivity contribution >= 4 is 6.03 Å². The van der Waals surface area contributed by atoms with Crippen molar-refractivity contribution in [3.8, 4) is 11.5 Å². The van der Waals surface area contributed by atoms with Crippen molar-refractivity contribution in [2.75, 3.05) is 26.2 Å². The molecule has 1 saturated heterocycles. The fourth-order valence-corrected chi connectivity index (χ4v) is 3.14. The van der Waals surface area contributed by atoms with Crippen LogP contribution in [0, 0.1) is 0 Å². The Hall–Kier alpha value is -3.19. The van der Waals surface area contributed by atoms with Gasteiger partial charge in [0.15, 0.2) is 0 Å². The number of aromatic nitrogens is 3. The molecule has 0 atom stereocenters. The molecule has 7 nitrogen and oxygen atoms in total. The van der Waals surface area contributed by atoms with Gasteiger partial charge in [-0.3, -0.25) is 4.90 Å². The number of hydrogen-bond acceptors (Lipinski definition) is 5. The van der Waals surface area contributed by atoms with Gasteiger partial charge in [-0.15, -0.1) is 0 Å². The molecule has 3 aromatic rings. The Balaban J connectivity index is 1.32. The zero-order chi connectivity index (χ0) is 18.5. The number of carbonyl (C=O) groups is 1. The molecule has 1 amide bonds. The molecule has 0 radical (unpaired) electrons. The van der Waals surface area contributed by atoms with E-state index in [1.807, 2.05) is 42.5 Å². The Bertz CT molecular complexity index is 874. The molecule has 1 fully saturated rings. The Kier molecular flexibility index (Phi) is 5.11. The van der Waals surface area contributed by atoms with Gasteiger partial charge in [0.25, 0.3) is 0 Å². The van der Waals surface area contributed by atoms with E-state index in [4.69, 9.17) is 4.74 Å². The lowest BCUT2D eigenvalue weighted by Crippen LogP contribution is -2.49. The first-order valence-electron chi connectivity index (χ1n) is 8.96. The molecule has 2 heterocycles. The number of rotatable bonds is 4. The minimum atomic E-state index is -0.120. The van der Waals surface area contributed by atoms with Crippen LogP contribution in [-0.2, 0) is 6.54 Å². The molecule has 1 aliphatic rings. The lowest BCUT2D eigenvalue weighted by molar-refractivity contribution is 0.134. The standard InChI is InChI=1S/C20H21N5O2/c26-20(25-16-21-15-22-25)24-11-9-23(10-12-24)14-17-5-4-8-19(13-17)27-18-6-2-1-3-7-18/h1-8,13,15-16H,9-12,14H2. The normalized spacial score (nSPS) is 14.9. The van der Waals surface area contributed by atoms with Crippen molar-refractivity contribution in [1.82, 2.24) is 24.6 Å². The number of carbonyl (C=O) groups excluding carboxylic acids is 1. The molecule has 27 heavy (non-hydrogen) atoms. The molecule has 0 unspecified atom stereocenters. The highest BCUT2D eigenvalue weighted by Gasteiger charge is 2.22. The highest BCUT2D eigenvalue weighted by atomic mass is 16.5. The minimum absolute atomic E-state index is 0.120. The third-order valence-electron chi connectivity index (χ3n) is 4.54. The quantitative estimate of drug-likeness (QED) is 0.713. The Morgan fingerprint density at radius 2 is 1.74 bits per heavy atom. The molecule has 1 aromatic heterocycles. The fraction of sp³-hybridized carbons (Fsp3) is 0.250. The van der Waals surface area contributed by atoms with Gasteiger partial charge in [-0.05, 0) is 29.8 Å². The molecule has 0 bridgehead atoms. The SMILES string of the molecule is O=C(N1CCN(Cc2cccc(Oc3ccccc3)c2)CC1)n1cncn1. The lowest BCUT2D eigenvalue weighted by Gasteiger charge is -2.34. The summed E-state index contributed by atoms with van der Waals surface area (Å²) < 4.78 is 7.19. The van der Waals surface area contributed by atoms with E-state index in [1.165, 1.54) is 22.9 Å². The molecule has 0 N–H and O–H groups in total. The third-order valence-corrected chi connectivity index (χ3v) is 4.54. The number of amides is 1. The average Bonchev–Trinajstić information content (AvgIpc) is 3.24. The molecule has 7 heteroatoms. The highest BCUT2D eigenvalue weighted by Crippen LogP contribution is 2.22. The van der Waals surface area contributed by atoms with Crippen LogP contribution in [0.5, 0.6) is 11.5 Å². The summed E-state index contributed by atoms with van der Waals surface area (Å²) in [5.41, 5.74) is 1.19. The molecular formula is C20H21N5O2. The zero-order valence-electron chi connectivity index (χ0n) is 14.9. The Morgan fingerprint density at radius 1 is 0.963 bits per heavy atom. The molecule has 0 spiro atoms. The zero-order valence-corrected chi connectivity index (χ0v) is 14.9. The number of piperazine rings is 1. The van der Waals surface area contributed by atoms with Gasteiger partial charge >= 0.3 is 6.03 Å². The van der Waals surface area contributed by atoms with Crippen LogP contribution >= 0.6 is 0 Å². The van der Waals surface area contributed by atoms with Crippen LogP contribution < -0.4 is 4.74 Å². The second-order valence-electron chi connectivity index (χ2n) is 6.45. The van der Waals surface area contributed by atoms with Crippen molar-refractivity contribution in [2.45, 2.75) is 6.54 Å². The van der Waals surface area contributed by atoms with Gasteiger partial charge in [-0.2, -0.15) is 9.78 Å². The molecule has 2 aromatic carbocycles. The second-order valence-corrected chi connectivity index (χ2v) is 6.45. The van der Waals surface area contributed by atoms with Crippen LogP contribution in [-0.4, -0.2) is 56.8 Å². The van der Waals surface area contributed by atoms with E-state index in [0.29, 0.717) is 13.1 Å². The number of para-hydroxylation sites is 1. The van der Waals surface area contributed by atoms with Gasteiger partial charge in [0.1, 0.15) is 24.2 Å². The van der Waals surface area contributed by atoms with Gasteiger partial charge in [0.2, 0.25) is 0 Å². The summed E-state index contributed by atoms with van der Waals surface area (Å²) >= 11 is 0. The summed E-state index contributed by atoms with van der Waals surface area (Å²) in [6.07, 6.45) is 2.81. The van der Waals surface area contributed by atoms with Crippen molar-refractivity contribution < 1.29 is 9.53 Å². The van der Waals surface area contributed by atoms with Gasteiger partial charge in [0, 0.05) is 32.7 Å². The Morgan fingerprint density at radius 3 is 2.48 bits per heavy atom. The van der Waals surface area contributed by atoms with Gasteiger partial charge < -0.3 is 9.64 Å². The number of ether oxygens (including phenoxy) is 1. The summed E-state index contributed by atoms with van der Waals surface area (Å²) in [5, 5.41) is 3.91. The molecule has 0 saturated carbocycles. The maximum Gasteiger partial charge on any atom is 0.346 e. The van der Waals surface area contributed by atoms with E-state index >= 15 is 0 Å². The lowest BCUT2D eigenvalue weighted by atomic mass is 10.2. The van der Waals surface area contributed by atoms with Crippen molar-refractivity contribution in [3.63, 3.8) is 0 Å². The summed E-state index contributed by atoms with van der Waals surface area (Å²) in [4.78, 5) is 20.3. The van der Waals surface area contributed by atoms with Crippen molar-refractivity contribution in [3.05, 3.63) is 72.8 Å². The minimum Gasteiger partial charge on any atom is -0.457 e. The number of benzene rings is 2. The van der Waals surface area contributed by atoms with E-state index < -0.39 is 0 Å². The van der Waals surface area contributed by atoms with Gasteiger partial charge in [-0.1, -0.05) is 30.3 Å². The maximum absolute atomic E-state index is 12.3. The van der Waals surface area contributed by atoms with E-state index in [0.717, 1.165) is 31.1 Å². The third kappa shape index (κ3) is 4.32. The van der Waals surface area contributed by atoms with Crippen LogP contribution in [0.3, 0.4) is 0 Å². The van der Waals surface area contributed by atoms with Crippen LogP contribution in [0.2, 0.25) is 0 Å².